The summed E-state index contributed by atoms with van der Waals surface area (Å²) in [7, 11) is 0. The number of hydrogen-bond donors (Lipinski definition) is 1. The SMILES string of the molecule is O=c1[nH]c2ccccc2n1C1CCN(Cc2ccc(-c3nc(C4CCOC4)nnc3-c3ccccc3)cc2)CC1. The van der Waals surface area contributed by atoms with Gasteiger partial charge >= 0.3 is 5.69 Å². The molecule has 3 aromatic carbocycles. The molecule has 1 atom stereocenters. The van der Waals surface area contributed by atoms with E-state index in [1.165, 1.54) is 5.56 Å². The van der Waals surface area contributed by atoms with Crippen molar-refractivity contribution in [3.8, 4) is 22.5 Å². The largest absolute Gasteiger partial charge is 0.381 e. The van der Waals surface area contributed by atoms with Gasteiger partial charge < -0.3 is 9.72 Å². The Hall–Kier alpha value is -4.14. The van der Waals surface area contributed by atoms with E-state index in [-0.39, 0.29) is 17.6 Å². The van der Waals surface area contributed by atoms with E-state index in [1.54, 1.807) is 0 Å². The highest BCUT2D eigenvalue weighted by molar-refractivity contribution is 5.77. The third-order valence-electron chi connectivity index (χ3n) is 8.22. The summed E-state index contributed by atoms with van der Waals surface area (Å²) in [6.07, 6.45) is 2.84. The van der Waals surface area contributed by atoms with Crippen molar-refractivity contribution in [3.63, 3.8) is 0 Å². The Morgan fingerprint density at radius 1 is 0.825 bits per heavy atom. The van der Waals surface area contributed by atoms with E-state index in [0.29, 0.717) is 6.61 Å². The summed E-state index contributed by atoms with van der Waals surface area (Å²) in [5.41, 5.74) is 6.87. The van der Waals surface area contributed by atoms with E-state index in [4.69, 9.17) is 9.72 Å². The molecule has 1 N–H and O–H groups in total. The van der Waals surface area contributed by atoms with Gasteiger partial charge in [0.2, 0.25) is 0 Å². The second-order valence-corrected chi connectivity index (χ2v) is 10.8. The molecular formula is C32H32N6O2. The molecule has 2 fully saturated rings. The number of aromatic nitrogens is 5. The van der Waals surface area contributed by atoms with Crippen LogP contribution in [0.25, 0.3) is 33.5 Å². The van der Waals surface area contributed by atoms with Crippen LogP contribution in [-0.2, 0) is 11.3 Å². The molecule has 2 aliphatic rings. The van der Waals surface area contributed by atoms with Crippen molar-refractivity contribution in [1.82, 2.24) is 29.6 Å². The van der Waals surface area contributed by atoms with Gasteiger partial charge in [0.25, 0.3) is 0 Å². The minimum absolute atomic E-state index is 0.00654. The molecule has 8 heteroatoms. The van der Waals surface area contributed by atoms with Crippen LogP contribution in [0.2, 0.25) is 0 Å². The number of rotatable bonds is 6. The molecule has 1 unspecified atom stereocenters. The molecule has 7 rings (SSSR count). The average molecular weight is 533 g/mol. The standard InChI is InChI=1S/C32H32N6O2/c39-32-33-27-8-4-5-9-28(27)38(32)26-14-17-37(18-15-26)20-22-10-12-24(13-11-22)29-30(23-6-2-1-3-7-23)35-36-31(34-29)25-16-19-40-21-25/h1-13,25-26H,14-21H2,(H,33,39). The maximum Gasteiger partial charge on any atom is 0.326 e. The molecule has 5 aromatic rings. The van der Waals surface area contributed by atoms with Gasteiger partial charge in [-0.15, -0.1) is 10.2 Å². The van der Waals surface area contributed by atoms with E-state index in [1.807, 2.05) is 47.0 Å². The molecular weight excluding hydrogens is 500 g/mol. The lowest BCUT2D eigenvalue weighted by Gasteiger charge is -2.32. The summed E-state index contributed by atoms with van der Waals surface area (Å²) in [4.78, 5) is 23.1. The third-order valence-corrected chi connectivity index (χ3v) is 8.22. The average Bonchev–Trinajstić information content (AvgIpc) is 3.66. The van der Waals surface area contributed by atoms with Crippen LogP contribution in [0, 0.1) is 0 Å². The Labute approximate surface area is 232 Å². The quantitative estimate of drug-likeness (QED) is 0.324. The van der Waals surface area contributed by atoms with Gasteiger partial charge in [0, 0.05) is 49.3 Å². The van der Waals surface area contributed by atoms with Gasteiger partial charge in [0.1, 0.15) is 11.4 Å². The fourth-order valence-corrected chi connectivity index (χ4v) is 6.04. The third kappa shape index (κ3) is 4.85. The number of ether oxygens (including phenoxy) is 1. The van der Waals surface area contributed by atoms with E-state index in [9.17, 15) is 4.79 Å². The molecule has 40 heavy (non-hydrogen) atoms. The van der Waals surface area contributed by atoms with Gasteiger partial charge in [0.15, 0.2) is 5.82 Å². The molecule has 2 saturated heterocycles. The number of fused-ring (bicyclic) bond motifs is 1. The minimum Gasteiger partial charge on any atom is -0.381 e. The first-order chi connectivity index (χ1) is 19.7. The fourth-order valence-electron chi connectivity index (χ4n) is 6.04. The monoisotopic (exact) mass is 532 g/mol. The molecule has 0 aliphatic carbocycles. The zero-order valence-corrected chi connectivity index (χ0v) is 22.4. The highest BCUT2D eigenvalue weighted by Crippen LogP contribution is 2.32. The Morgan fingerprint density at radius 3 is 2.35 bits per heavy atom. The zero-order chi connectivity index (χ0) is 26.9. The van der Waals surface area contributed by atoms with Crippen molar-refractivity contribution in [1.29, 1.82) is 0 Å². The number of hydrogen-bond acceptors (Lipinski definition) is 6. The van der Waals surface area contributed by atoms with E-state index in [2.05, 4.69) is 56.5 Å². The van der Waals surface area contributed by atoms with Crippen molar-refractivity contribution in [3.05, 3.63) is 101 Å². The number of aromatic amines is 1. The maximum atomic E-state index is 12.6. The maximum absolute atomic E-state index is 12.6. The summed E-state index contributed by atoms with van der Waals surface area (Å²) in [5.74, 6) is 0.951. The Bertz CT molecular complexity index is 1660. The summed E-state index contributed by atoms with van der Waals surface area (Å²) >= 11 is 0. The van der Waals surface area contributed by atoms with Crippen LogP contribution in [-0.4, -0.2) is 55.9 Å². The fraction of sp³-hybridized carbons (Fsp3) is 0.312. The summed E-state index contributed by atoms with van der Waals surface area (Å²) < 4.78 is 7.53. The smallest absolute Gasteiger partial charge is 0.326 e. The summed E-state index contributed by atoms with van der Waals surface area (Å²) in [5, 5.41) is 9.13. The van der Waals surface area contributed by atoms with Crippen LogP contribution in [0.4, 0.5) is 0 Å². The summed E-state index contributed by atoms with van der Waals surface area (Å²) in [6, 6.07) is 27.0. The molecule has 0 amide bonds. The number of para-hydroxylation sites is 2. The molecule has 8 nitrogen and oxygen atoms in total. The van der Waals surface area contributed by atoms with Crippen molar-refractivity contribution in [2.24, 2.45) is 0 Å². The minimum atomic E-state index is -0.00654. The lowest BCUT2D eigenvalue weighted by atomic mass is 10.0. The van der Waals surface area contributed by atoms with Crippen molar-refractivity contribution in [2.45, 2.75) is 37.8 Å². The predicted molar refractivity (Wildman–Crippen MR) is 155 cm³/mol. The van der Waals surface area contributed by atoms with Crippen LogP contribution in [0.5, 0.6) is 0 Å². The first kappa shape index (κ1) is 24.9. The number of benzene rings is 3. The van der Waals surface area contributed by atoms with Crippen LogP contribution in [0.3, 0.4) is 0 Å². The number of imidazole rings is 1. The topological polar surface area (TPSA) is 88.9 Å². The van der Waals surface area contributed by atoms with E-state index in [0.717, 1.165) is 84.9 Å². The Kier molecular flexibility index (Phi) is 6.71. The molecule has 0 bridgehead atoms. The van der Waals surface area contributed by atoms with Crippen LogP contribution < -0.4 is 5.69 Å². The normalized spacial score (nSPS) is 18.4. The van der Waals surface area contributed by atoms with Gasteiger partial charge in [-0.1, -0.05) is 66.7 Å². The first-order valence-electron chi connectivity index (χ1n) is 14.1. The van der Waals surface area contributed by atoms with Crippen LogP contribution in [0.15, 0.2) is 83.7 Å². The second-order valence-electron chi connectivity index (χ2n) is 10.8. The number of nitrogens with zero attached hydrogens (tertiary/aromatic N) is 5. The summed E-state index contributed by atoms with van der Waals surface area (Å²) in [6.45, 7) is 4.19. The molecule has 0 saturated carbocycles. The van der Waals surface area contributed by atoms with Gasteiger partial charge in [0.05, 0.1) is 17.6 Å². The molecule has 4 heterocycles. The van der Waals surface area contributed by atoms with Crippen LogP contribution in [0.1, 0.15) is 42.6 Å². The zero-order valence-electron chi connectivity index (χ0n) is 22.4. The van der Waals surface area contributed by atoms with Gasteiger partial charge in [-0.2, -0.15) is 0 Å². The predicted octanol–water partition coefficient (Wildman–Crippen LogP) is 5.19. The van der Waals surface area contributed by atoms with Crippen molar-refractivity contribution in [2.75, 3.05) is 26.3 Å². The molecule has 0 spiro atoms. The van der Waals surface area contributed by atoms with E-state index >= 15 is 0 Å². The van der Waals surface area contributed by atoms with Crippen molar-refractivity contribution < 1.29 is 4.74 Å². The number of likely N-dealkylation sites (tertiary alicyclic amines) is 1. The number of piperidine rings is 1. The first-order valence-corrected chi connectivity index (χ1v) is 14.1. The van der Waals surface area contributed by atoms with Crippen LogP contribution >= 0.6 is 0 Å². The molecule has 2 aromatic heterocycles. The molecule has 2 aliphatic heterocycles. The Morgan fingerprint density at radius 2 is 1.57 bits per heavy atom. The lowest BCUT2D eigenvalue weighted by Crippen LogP contribution is -2.36. The number of nitrogens with one attached hydrogen (secondary N) is 1. The number of H-pyrrole nitrogens is 1. The van der Waals surface area contributed by atoms with Gasteiger partial charge in [-0.3, -0.25) is 9.47 Å². The van der Waals surface area contributed by atoms with Crippen molar-refractivity contribution >= 4 is 11.0 Å². The molecule has 202 valence electrons. The van der Waals surface area contributed by atoms with Gasteiger partial charge in [-0.25, -0.2) is 9.78 Å². The molecule has 0 radical (unpaired) electrons. The van der Waals surface area contributed by atoms with Gasteiger partial charge in [-0.05, 0) is 37.0 Å². The highest BCUT2D eigenvalue weighted by atomic mass is 16.5. The lowest BCUT2D eigenvalue weighted by molar-refractivity contribution is 0.180. The highest BCUT2D eigenvalue weighted by Gasteiger charge is 2.25. The second kappa shape index (κ2) is 10.8. The van der Waals surface area contributed by atoms with E-state index < -0.39 is 0 Å². The Balaban J connectivity index is 1.08.